The number of anilines is 1. The Morgan fingerprint density at radius 3 is 2.70 bits per heavy atom. The average Bonchev–Trinajstić information content (AvgIpc) is 2.84. The van der Waals surface area contributed by atoms with Crippen LogP contribution < -0.4 is 10.1 Å². The van der Waals surface area contributed by atoms with Crippen LogP contribution >= 0.6 is 11.6 Å². The molecule has 118 valence electrons. The molecule has 3 rings (SSSR count). The van der Waals surface area contributed by atoms with E-state index in [2.05, 4.69) is 5.32 Å². The lowest BCUT2D eigenvalue weighted by molar-refractivity contribution is 0.0997. The molecule has 0 spiro atoms. The Morgan fingerprint density at radius 2 is 1.96 bits per heavy atom. The van der Waals surface area contributed by atoms with Crippen molar-refractivity contribution in [3.05, 3.63) is 58.3 Å². The second kappa shape index (κ2) is 5.97. The number of carbonyl (C=O) groups excluding carboxylic acids is 1. The van der Waals surface area contributed by atoms with Crippen LogP contribution in [0.25, 0.3) is 11.0 Å². The molecule has 0 aliphatic rings. The number of benzene rings is 2. The maximum atomic E-state index is 12.6. The van der Waals surface area contributed by atoms with Crippen LogP contribution in [0.1, 0.15) is 21.7 Å². The fourth-order valence-electron chi connectivity index (χ4n) is 2.51. The van der Waals surface area contributed by atoms with Crippen molar-refractivity contribution in [2.75, 3.05) is 12.4 Å². The molecule has 1 aromatic heterocycles. The molecule has 5 heteroatoms. The van der Waals surface area contributed by atoms with Crippen molar-refractivity contribution < 1.29 is 13.9 Å². The number of methoxy groups -OCH3 is 1. The van der Waals surface area contributed by atoms with Crippen LogP contribution in [-0.4, -0.2) is 13.0 Å². The van der Waals surface area contributed by atoms with Crippen LogP contribution in [0.4, 0.5) is 5.69 Å². The number of hydrogen-bond donors (Lipinski definition) is 1. The Hall–Kier alpha value is -2.46. The molecular formula is C18H16ClNO3. The van der Waals surface area contributed by atoms with Gasteiger partial charge in [-0.1, -0.05) is 17.7 Å². The van der Waals surface area contributed by atoms with Gasteiger partial charge in [-0.05, 0) is 49.7 Å². The minimum atomic E-state index is -0.321. The second-order valence-electron chi connectivity index (χ2n) is 5.35. The lowest BCUT2D eigenvalue weighted by Crippen LogP contribution is -2.13. The van der Waals surface area contributed by atoms with Crippen molar-refractivity contribution in [3.8, 4) is 5.75 Å². The highest BCUT2D eigenvalue weighted by atomic mass is 35.5. The molecule has 0 atom stereocenters. The zero-order valence-corrected chi connectivity index (χ0v) is 13.8. The summed E-state index contributed by atoms with van der Waals surface area (Å²) in [5.41, 5.74) is 3.02. The zero-order valence-electron chi connectivity index (χ0n) is 13.1. The highest BCUT2D eigenvalue weighted by Gasteiger charge is 2.19. The number of ether oxygens (including phenoxy) is 1. The van der Waals surface area contributed by atoms with Gasteiger partial charge in [0.2, 0.25) is 0 Å². The smallest absolute Gasteiger partial charge is 0.291 e. The van der Waals surface area contributed by atoms with Gasteiger partial charge in [-0.2, -0.15) is 0 Å². The van der Waals surface area contributed by atoms with E-state index in [1.807, 2.05) is 32.0 Å². The normalized spacial score (nSPS) is 10.8. The largest absolute Gasteiger partial charge is 0.495 e. The van der Waals surface area contributed by atoms with Crippen LogP contribution in [0, 0.1) is 13.8 Å². The molecule has 0 bridgehead atoms. The first-order valence-electron chi connectivity index (χ1n) is 7.14. The molecule has 0 saturated carbocycles. The van der Waals surface area contributed by atoms with Gasteiger partial charge in [-0.3, -0.25) is 4.79 Å². The van der Waals surface area contributed by atoms with Crippen molar-refractivity contribution in [2.45, 2.75) is 13.8 Å². The Bertz CT molecular complexity index is 899. The molecular weight excluding hydrogens is 314 g/mol. The average molecular weight is 330 g/mol. The van der Waals surface area contributed by atoms with Gasteiger partial charge in [0.15, 0.2) is 5.76 Å². The first-order chi connectivity index (χ1) is 11.0. The molecule has 23 heavy (non-hydrogen) atoms. The van der Waals surface area contributed by atoms with E-state index in [9.17, 15) is 4.79 Å². The number of nitrogens with one attached hydrogen (secondary N) is 1. The molecule has 0 fully saturated rings. The van der Waals surface area contributed by atoms with Crippen LogP contribution in [0.15, 0.2) is 40.8 Å². The Labute approximate surface area is 139 Å². The molecule has 2 aromatic carbocycles. The summed E-state index contributed by atoms with van der Waals surface area (Å²) in [6.07, 6.45) is 0. The summed E-state index contributed by atoms with van der Waals surface area (Å²) in [5.74, 6) is 0.547. The second-order valence-corrected chi connectivity index (χ2v) is 5.79. The standard InChI is InChI=1S/C18H16ClNO3/c1-10-4-6-16(22-3)14(8-10)20-18(21)17-11(2)13-9-12(19)5-7-15(13)23-17/h4-9H,1-3H3,(H,20,21). The topological polar surface area (TPSA) is 51.5 Å². The van der Waals surface area contributed by atoms with Gasteiger partial charge in [0.05, 0.1) is 12.8 Å². The van der Waals surface area contributed by atoms with E-state index >= 15 is 0 Å². The minimum Gasteiger partial charge on any atom is -0.495 e. The number of aryl methyl sites for hydroxylation is 2. The predicted octanol–water partition coefficient (Wildman–Crippen LogP) is 4.96. The number of hydrogen-bond acceptors (Lipinski definition) is 3. The number of furan rings is 1. The Kier molecular flexibility index (Phi) is 4.01. The molecule has 1 heterocycles. The summed E-state index contributed by atoms with van der Waals surface area (Å²) in [6, 6.07) is 10.9. The van der Waals surface area contributed by atoms with Gasteiger partial charge in [0, 0.05) is 16.0 Å². The van der Waals surface area contributed by atoms with E-state index < -0.39 is 0 Å². The molecule has 0 aliphatic carbocycles. The summed E-state index contributed by atoms with van der Waals surface area (Å²) in [6.45, 7) is 3.79. The maximum absolute atomic E-state index is 12.6. The van der Waals surface area contributed by atoms with Crippen LogP contribution in [0.2, 0.25) is 5.02 Å². The van der Waals surface area contributed by atoms with Crippen molar-refractivity contribution in [1.82, 2.24) is 0 Å². The summed E-state index contributed by atoms with van der Waals surface area (Å²) < 4.78 is 11.0. The van der Waals surface area contributed by atoms with E-state index in [1.165, 1.54) is 0 Å². The number of fused-ring (bicyclic) bond motifs is 1. The van der Waals surface area contributed by atoms with Crippen molar-refractivity contribution in [3.63, 3.8) is 0 Å². The molecule has 0 unspecified atom stereocenters. The number of carbonyl (C=O) groups is 1. The summed E-state index contributed by atoms with van der Waals surface area (Å²) >= 11 is 6.01. The predicted molar refractivity (Wildman–Crippen MR) is 91.6 cm³/mol. The summed E-state index contributed by atoms with van der Waals surface area (Å²) in [5, 5.41) is 4.28. The van der Waals surface area contributed by atoms with Crippen molar-refractivity contribution in [1.29, 1.82) is 0 Å². The van der Waals surface area contributed by atoms with Gasteiger partial charge in [-0.25, -0.2) is 0 Å². The van der Waals surface area contributed by atoms with Crippen LogP contribution in [-0.2, 0) is 0 Å². The monoisotopic (exact) mass is 329 g/mol. The molecule has 1 amide bonds. The molecule has 4 nitrogen and oxygen atoms in total. The molecule has 1 N–H and O–H groups in total. The molecule has 0 saturated heterocycles. The van der Waals surface area contributed by atoms with Gasteiger partial charge in [0.1, 0.15) is 11.3 Å². The summed E-state index contributed by atoms with van der Waals surface area (Å²) in [4.78, 5) is 12.6. The number of rotatable bonds is 3. The number of amides is 1. The van der Waals surface area contributed by atoms with Gasteiger partial charge < -0.3 is 14.5 Å². The quantitative estimate of drug-likeness (QED) is 0.738. The zero-order chi connectivity index (χ0) is 16.6. The van der Waals surface area contributed by atoms with Gasteiger partial charge in [-0.15, -0.1) is 0 Å². The van der Waals surface area contributed by atoms with E-state index in [-0.39, 0.29) is 11.7 Å². The number of halogens is 1. The fraction of sp³-hybridized carbons (Fsp3) is 0.167. The van der Waals surface area contributed by atoms with Gasteiger partial charge in [0.25, 0.3) is 5.91 Å². The fourth-order valence-corrected chi connectivity index (χ4v) is 2.68. The third-order valence-electron chi connectivity index (χ3n) is 3.71. The minimum absolute atomic E-state index is 0.269. The lowest BCUT2D eigenvalue weighted by Gasteiger charge is -2.10. The van der Waals surface area contributed by atoms with Crippen molar-refractivity contribution >= 4 is 34.2 Å². The lowest BCUT2D eigenvalue weighted by atomic mass is 10.1. The van der Waals surface area contributed by atoms with E-state index in [0.29, 0.717) is 22.0 Å². The van der Waals surface area contributed by atoms with E-state index in [4.69, 9.17) is 20.8 Å². The molecule has 3 aromatic rings. The highest BCUT2D eigenvalue weighted by Crippen LogP contribution is 2.30. The molecule has 0 radical (unpaired) electrons. The van der Waals surface area contributed by atoms with Gasteiger partial charge >= 0.3 is 0 Å². The van der Waals surface area contributed by atoms with E-state index in [0.717, 1.165) is 16.5 Å². The first kappa shape index (κ1) is 15.4. The Morgan fingerprint density at radius 1 is 1.17 bits per heavy atom. The summed E-state index contributed by atoms with van der Waals surface area (Å²) in [7, 11) is 1.56. The third kappa shape index (κ3) is 2.90. The van der Waals surface area contributed by atoms with Crippen LogP contribution in [0.3, 0.4) is 0 Å². The van der Waals surface area contributed by atoms with Crippen LogP contribution in [0.5, 0.6) is 5.75 Å². The molecule has 0 aliphatic heterocycles. The SMILES string of the molecule is COc1ccc(C)cc1NC(=O)c1oc2ccc(Cl)cc2c1C. The van der Waals surface area contributed by atoms with Crippen molar-refractivity contribution in [2.24, 2.45) is 0 Å². The van der Waals surface area contributed by atoms with E-state index in [1.54, 1.807) is 25.3 Å². The maximum Gasteiger partial charge on any atom is 0.291 e. The first-order valence-corrected chi connectivity index (χ1v) is 7.52. The third-order valence-corrected chi connectivity index (χ3v) is 3.94. The Balaban J connectivity index is 1.98. The highest BCUT2D eigenvalue weighted by molar-refractivity contribution is 6.31.